The highest BCUT2D eigenvalue weighted by Gasteiger charge is 2.18. The van der Waals surface area contributed by atoms with Crippen LogP contribution in [0.4, 0.5) is 0 Å². The molecule has 1 saturated heterocycles. The lowest BCUT2D eigenvalue weighted by Crippen LogP contribution is -2.21. The van der Waals surface area contributed by atoms with E-state index in [9.17, 15) is 0 Å². The van der Waals surface area contributed by atoms with Gasteiger partial charge in [-0.15, -0.1) is 0 Å². The fraction of sp³-hybridized carbons (Fsp3) is 0.219. The molecule has 1 aliphatic rings. The average molecular weight is 503 g/mol. The van der Waals surface area contributed by atoms with Crippen LogP contribution in [0.15, 0.2) is 91.8 Å². The number of aromatic amines is 2. The number of nitrogens with one attached hydrogen (secondary N) is 2. The summed E-state index contributed by atoms with van der Waals surface area (Å²) >= 11 is 0. The molecule has 6 heteroatoms. The SMILES string of the molecule is C=C/C=C(/c1cccnc1)c1cc(-c2n[nH]c3ccc(C(/C=C(\C=C)CN4CCCC4)=C/C)nc23)[nH]c1C. The van der Waals surface area contributed by atoms with Crippen molar-refractivity contribution in [3.8, 4) is 11.4 Å². The maximum Gasteiger partial charge on any atom is 0.135 e. The zero-order valence-electron chi connectivity index (χ0n) is 22.2. The second-order valence-electron chi connectivity index (χ2n) is 9.59. The molecule has 1 aliphatic heterocycles. The molecule has 6 nitrogen and oxygen atoms in total. The molecule has 38 heavy (non-hydrogen) atoms. The number of nitrogens with zero attached hydrogens (tertiary/aromatic N) is 4. The van der Waals surface area contributed by atoms with Gasteiger partial charge in [-0.25, -0.2) is 4.98 Å². The number of rotatable bonds is 9. The molecule has 0 spiro atoms. The summed E-state index contributed by atoms with van der Waals surface area (Å²) in [6.07, 6.45) is 16.3. The predicted octanol–water partition coefficient (Wildman–Crippen LogP) is 6.89. The van der Waals surface area contributed by atoms with Gasteiger partial charge in [-0.3, -0.25) is 15.0 Å². The largest absolute Gasteiger partial charge is 0.357 e. The normalized spacial score (nSPS) is 15.4. The minimum Gasteiger partial charge on any atom is -0.357 e. The Morgan fingerprint density at radius 2 is 2.00 bits per heavy atom. The van der Waals surface area contributed by atoms with Crippen LogP contribution >= 0.6 is 0 Å². The summed E-state index contributed by atoms with van der Waals surface area (Å²) in [6, 6.07) is 10.2. The number of hydrogen-bond acceptors (Lipinski definition) is 4. The molecule has 192 valence electrons. The van der Waals surface area contributed by atoms with E-state index < -0.39 is 0 Å². The van der Waals surface area contributed by atoms with Crippen LogP contribution in [0, 0.1) is 6.92 Å². The lowest BCUT2D eigenvalue weighted by molar-refractivity contribution is 0.371. The van der Waals surface area contributed by atoms with Gasteiger partial charge in [0.05, 0.1) is 16.9 Å². The summed E-state index contributed by atoms with van der Waals surface area (Å²) in [5, 5.41) is 7.80. The van der Waals surface area contributed by atoms with Crippen LogP contribution in [0.1, 0.15) is 42.3 Å². The Morgan fingerprint density at radius 1 is 1.16 bits per heavy atom. The molecule has 2 N–H and O–H groups in total. The Kier molecular flexibility index (Phi) is 7.61. The van der Waals surface area contributed by atoms with Crippen LogP contribution < -0.4 is 0 Å². The zero-order chi connectivity index (χ0) is 26.5. The standard InChI is InChI=1S/C32H34N6/c1-5-11-26(25-12-10-15-33-20-25)27-19-30(34-22(27)4)32-31-29(36-37-32)14-13-28(35-31)24(7-3)18-23(6-2)21-38-16-8-9-17-38/h5-7,10-15,18-20,34H,1-2,8-9,16-17,21H2,3-4H3,(H,36,37)/b23-18+,24-7+,26-11-. The Hall–Kier alpha value is -4.29. The fourth-order valence-corrected chi connectivity index (χ4v) is 5.07. The van der Waals surface area contributed by atoms with Crippen molar-refractivity contribution in [1.29, 1.82) is 0 Å². The van der Waals surface area contributed by atoms with Gasteiger partial charge in [0.2, 0.25) is 0 Å². The van der Waals surface area contributed by atoms with Gasteiger partial charge in [0.15, 0.2) is 0 Å². The molecule has 0 amide bonds. The first-order valence-electron chi connectivity index (χ1n) is 13.1. The molecular weight excluding hydrogens is 468 g/mol. The van der Waals surface area contributed by atoms with Crippen molar-refractivity contribution in [2.75, 3.05) is 19.6 Å². The minimum atomic E-state index is 0.792. The number of allylic oxidation sites excluding steroid dienone is 5. The van der Waals surface area contributed by atoms with Gasteiger partial charge < -0.3 is 4.98 Å². The highest BCUT2D eigenvalue weighted by molar-refractivity contribution is 5.92. The number of aromatic nitrogens is 5. The smallest absolute Gasteiger partial charge is 0.135 e. The second kappa shape index (κ2) is 11.4. The van der Waals surface area contributed by atoms with Gasteiger partial charge in [-0.2, -0.15) is 5.10 Å². The number of likely N-dealkylation sites (tertiary alicyclic amines) is 1. The van der Waals surface area contributed by atoms with Crippen molar-refractivity contribution in [2.45, 2.75) is 26.7 Å². The summed E-state index contributed by atoms with van der Waals surface area (Å²) in [6.45, 7) is 15.3. The van der Waals surface area contributed by atoms with Crippen LogP contribution in [0.3, 0.4) is 0 Å². The van der Waals surface area contributed by atoms with Crippen molar-refractivity contribution >= 4 is 22.2 Å². The van der Waals surface area contributed by atoms with Crippen molar-refractivity contribution in [2.24, 2.45) is 0 Å². The van der Waals surface area contributed by atoms with Gasteiger partial charge in [0.1, 0.15) is 11.2 Å². The first-order chi connectivity index (χ1) is 18.6. The third kappa shape index (κ3) is 5.22. The molecular formula is C32H34N6. The molecule has 1 fully saturated rings. The summed E-state index contributed by atoms with van der Waals surface area (Å²) in [7, 11) is 0. The number of hydrogen-bond donors (Lipinski definition) is 2. The molecule has 0 unspecified atom stereocenters. The molecule has 4 aromatic heterocycles. The van der Waals surface area contributed by atoms with E-state index in [1.54, 1.807) is 12.3 Å². The van der Waals surface area contributed by atoms with E-state index >= 15 is 0 Å². The van der Waals surface area contributed by atoms with E-state index in [0.29, 0.717) is 0 Å². The van der Waals surface area contributed by atoms with Gasteiger partial charge in [0.25, 0.3) is 0 Å². The van der Waals surface area contributed by atoms with Gasteiger partial charge in [-0.05, 0) is 86.8 Å². The lowest BCUT2D eigenvalue weighted by Gasteiger charge is -2.15. The zero-order valence-corrected chi connectivity index (χ0v) is 22.2. The van der Waals surface area contributed by atoms with Crippen LogP contribution in [-0.4, -0.2) is 49.7 Å². The molecule has 0 bridgehead atoms. The third-order valence-corrected chi connectivity index (χ3v) is 7.04. The first-order valence-corrected chi connectivity index (χ1v) is 13.1. The van der Waals surface area contributed by atoms with Gasteiger partial charge in [0, 0.05) is 35.8 Å². The lowest BCUT2D eigenvalue weighted by atomic mass is 9.99. The summed E-state index contributed by atoms with van der Waals surface area (Å²) in [5.74, 6) is 0. The minimum absolute atomic E-state index is 0.792. The van der Waals surface area contributed by atoms with E-state index in [-0.39, 0.29) is 0 Å². The van der Waals surface area contributed by atoms with Crippen molar-refractivity contribution in [3.05, 3.63) is 114 Å². The Morgan fingerprint density at radius 3 is 2.71 bits per heavy atom. The summed E-state index contributed by atoms with van der Waals surface area (Å²) in [4.78, 5) is 15.4. The Bertz CT molecular complexity index is 1540. The molecule has 0 atom stereocenters. The van der Waals surface area contributed by atoms with Crippen molar-refractivity contribution < 1.29 is 0 Å². The van der Waals surface area contributed by atoms with Gasteiger partial charge >= 0.3 is 0 Å². The highest BCUT2D eigenvalue weighted by Crippen LogP contribution is 2.32. The van der Waals surface area contributed by atoms with E-state index in [1.165, 1.54) is 18.4 Å². The van der Waals surface area contributed by atoms with Gasteiger partial charge in [-0.1, -0.05) is 43.5 Å². The number of aryl methyl sites for hydroxylation is 1. The molecule has 0 aromatic carbocycles. The molecule has 5 rings (SSSR count). The molecule has 0 aliphatic carbocycles. The first kappa shape index (κ1) is 25.4. The molecule has 4 aromatic rings. The third-order valence-electron chi connectivity index (χ3n) is 7.04. The average Bonchev–Trinajstić information content (AvgIpc) is 3.70. The second-order valence-corrected chi connectivity index (χ2v) is 9.59. The Balaban J connectivity index is 1.51. The number of H-pyrrole nitrogens is 2. The fourth-order valence-electron chi connectivity index (χ4n) is 5.07. The van der Waals surface area contributed by atoms with Crippen LogP contribution in [0.25, 0.3) is 33.6 Å². The quantitative estimate of drug-likeness (QED) is 0.245. The van der Waals surface area contributed by atoms with Crippen LogP contribution in [-0.2, 0) is 0 Å². The number of fused-ring (bicyclic) bond motifs is 1. The van der Waals surface area contributed by atoms with E-state index in [0.717, 1.165) is 75.7 Å². The summed E-state index contributed by atoms with van der Waals surface area (Å²) < 4.78 is 0. The number of pyridine rings is 2. The molecule has 0 saturated carbocycles. The summed E-state index contributed by atoms with van der Waals surface area (Å²) in [5.41, 5.74) is 10.8. The maximum absolute atomic E-state index is 5.06. The Labute approximate surface area is 224 Å². The molecule has 0 radical (unpaired) electrons. The van der Waals surface area contributed by atoms with E-state index in [4.69, 9.17) is 4.98 Å². The van der Waals surface area contributed by atoms with Crippen molar-refractivity contribution in [3.63, 3.8) is 0 Å². The maximum atomic E-state index is 5.06. The van der Waals surface area contributed by atoms with Crippen LogP contribution in [0.2, 0.25) is 0 Å². The highest BCUT2D eigenvalue weighted by atomic mass is 15.1. The van der Waals surface area contributed by atoms with Crippen LogP contribution in [0.5, 0.6) is 0 Å². The van der Waals surface area contributed by atoms with Crippen molar-refractivity contribution in [1.82, 2.24) is 30.0 Å². The van der Waals surface area contributed by atoms with E-state index in [2.05, 4.69) is 82.4 Å². The van der Waals surface area contributed by atoms with E-state index in [1.807, 2.05) is 30.5 Å². The molecule has 5 heterocycles. The predicted molar refractivity (Wildman–Crippen MR) is 158 cm³/mol. The monoisotopic (exact) mass is 502 g/mol. The topological polar surface area (TPSA) is 73.5 Å².